The number of rotatable bonds is 3. The summed E-state index contributed by atoms with van der Waals surface area (Å²) in [7, 11) is 0. The number of H-pyrrole nitrogens is 1. The molecule has 4 aromatic rings. The summed E-state index contributed by atoms with van der Waals surface area (Å²) >= 11 is 0. The molecule has 0 unspecified atom stereocenters. The van der Waals surface area contributed by atoms with Crippen molar-refractivity contribution in [2.45, 2.75) is 6.92 Å². The Morgan fingerprint density at radius 2 is 1.72 bits per heavy atom. The van der Waals surface area contributed by atoms with Gasteiger partial charge in [0.05, 0.1) is 17.0 Å². The predicted octanol–water partition coefficient (Wildman–Crippen LogP) is 4.21. The minimum Gasteiger partial charge on any atom is -0.507 e. The van der Waals surface area contributed by atoms with Crippen molar-refractivity contribution in [1.82, 2.24) is 20.2 Å². The number of phenols is 1. The molecular weight excluding hydrogens is 312 g/mol. The number of aryl methyl sites for hydroxylation is 1. The number of phenolic OH excluding ortho intramolecular Hbond substituents is 1. The molecule has 5 nitrogen and oxygen atoms in total. The monoisotopic (exact) mass is 328 g/mol. The van der Waals surface area contributed by atoms with Gasteiger partial charge in [-0.2, -0.15) is 5.10 Å². The van der Waals surface area contributed by atoms with Gasteiger partial charge in [-0.3, -0.25) is 5.10 Å². The number of aromatic amines is 1. The van der Waals surface area contributed by atoms with Crippen LogP contribution in [0.25, 0.3) is 33.9 Å². The topological polar surface area (TPSA) is 74.7 Å². The van der Waals surface area contributed by atoms with Crippen LogP contribution in [0.2, 0.25) is 0 Å². The first-order valence-corrected chi connectivity index (χ1v) is 7.95. The summed E-state index contributed by atoms with van der Waals surface area (Å²) in [5.74, 6) is 0.685. The molecule has 0 saturated heterocycles. The fourth-order valence-electron chi connectivity index (χ4n) is 2.76. The summed E-state index contributed by atoms with van der Waals surface area (Å²) in [4.78, 5) is 9.14. The van der Waals surface area contributed by atoms with E-state index in [4.69, 9.17) is 0 Å². The van der Waals surface area contributed by atoms with Gasteiger partial charge in [0.1, 0.15) is 5.75 Å². The van der Waals surface area contributed by atoms with Crippen LogP contribution < -0.4 is 0 Å². The van der Waals surface area contributed by atoms with Crippen LogP contribution >= 0.6 is 0 Å². The SMILES string of the molecule is Cc1cc(-c2cccc(-c3ccn[nH]3)c2)nc(-c2ccccc2O)n1. The molecule has 2 N–H and O–H groups in total. The van der Waals surface area contributed by atoms with E-state index in [9.17, 15) is 5.11 Å². The van der Waals surface area contributed by atoms with Gasteiger partial charge in [0.15, 0.2) is 5.82 Å². The summed E-state index contributed by atoms with van der Waals surface area (Å²) in [6.07, 6.45) is 1.73. The van der Waals surface area contributed by atoms with Gasteiger partial charge in [0, 0.05) is 23.0 Å². The Morgan fingerprint density at radius 3 is 2.52 bits per heavy atom. The molecule has 0 aliphatic heterocycles. The van der Waals surface area contributed by atoms with Crippen molar-refractivity contribution < 1.29 is 5.11 Å². The zero-order valence-electron chi connectivity index (χ0n) is 13.6. The van der Waals surface area contributed by atoms with Gasteiger partial charge in [-0.1, -0.05) is 30.3 Å². The summed E-state index contributed by atoms with van der Waals surface area (Å²) in [6.45, 7) is 1.92. The maximum absolute atomic E-state index is 10.1. The first-order chi connectivity index (χ1) is 12.2. The van der Waals surface area contributed by atoms with Gasteiger partial charge in [-0.15, -0.1) is 0 Å². The average Bonchev–Trinajstić information content (AvgIpc) is 3.16. The Hall–Kier alpha value is -3.47. The van der Waals surface area contributed by atoms with Crippen molar-refractivity contribution in [2.24, 2.45) is 0 Å². The van der Waals surface area contributed by atoms with E-state index in [2.05, 4.69) is 26.2 Å². The Bertz CT molecular complexity index is 1030. The second-order valence-electron chi connectivity index (χ2n) is 5.79. The third-order valence-electron chi connectivity index (χ3n) is 3.97. The van der Waals surface area contributed by atoms with E-state index in [1.807, 2.05) is 49.4 Å². The van der Waals surface area contributed by atoms with Gasteiger partial charge in [0.2, 0.25) is 0 Å². The molecule has 0 fully saturated rings. The standard InChI is InChI=1S/C20H16N4O/c1-13-11-18(23-20(22-13)16-7-2-3-8-19(16)25)15-6-4-5-14(12-15)17-9-10-21-24-17/h2-12,25H,1H3,(H,21,24). The number of nitrogens with zero attached hydrogens (tertiary/aromatic N) is 3. The van der Waals surface area contributed by atoms with E-state index in [-0.39, 0.29) is 5.75 Å². The zero-order valence-corrected chi connectivity index (χ0v) is 13.6. The number of para-hydroxylation sites is 1. The first-order valence-electron chi connectivity index (χ1n) is 7.95. The molecule has 4 rings (SSSR count). The molecule has 0 aliphatic rings. The van der Waals surface area contributed by atoms with E-state index in [0.717, 1.165) is 28.2 Å². The van der Waals surface area contributed by atoms with E-state index in [1.54, 1.807) is 18.3 Å². The smallest absolute Gasteiger partial charge is 0.163 e. The molecule has 0 atom stereocenters. The van der Waals surface area contributed by atoms with Crippen LogP contribution in [0.15, 0.2) is 66.9 Å². The van der Waals surface area contributed by atoms with E-state index < -0.39 is 0 Å². The number of benzene rings is 2. The van der Waals surface area contributed by atoms with Crippen LogP contribution in [0, 0.1) is 6.92 Å². The Balaban J connectivity index is 1.82. The number of hydrogen-bond donors (Lipinski definition) is 2. The number of hydrogen-bond acceptors (Lipinski definition) is 4. The minimum atomic E-state index is 0.172. The molecule has 0 aliphatic carbocycles. The molecule has 5 heteroatoms. The molecule has 0 spiro atoms. The quantitative estimate of drug-likeness (QED) is 0.590. The van der Waals surface area contributed by atoms with Crippen LogP contribution in [-0.2, 0) is 0 Å². The molecule has 2 aromatic heterocycles. The molecule has 2 aromatic carbocycles. The molecule has 2 heterocycles. The van der Waals surface area contributed by atoms with Crippen LogP contribution in [0.5, 0.6) is 5.75 Å². The highest BCUT2D eigenvalue weighted by Gasteiger charge is 2.11. The van der Waals surface area contributed by atoms with Crippen molar-refractivity contribution in [3.05, 3.63) is 72.6 Å². The largest absolute Gasteiger partial charge is 0.507 e. The predicted molar refractivity (Wildman–Crippen MR) is 96.9 cm³/mol. The van der Waals surface area contributed by atoms with Crippen LogP contribution in [0.3, 0.4) is 0 Å². The lowest BCUT2D eigenvalue weighted by atomic mass is 10.0. The summed E-state index contributed by atoms with van der Waals surface area (Å²) in [5, 5.41) is 17.1. The number of nitrogens with one attached hydrogen (secondary N) is 1. The van der Waals surface area contributed by atoms with Crippen molar-refractivity contribution in [2.75, 3.05) is 0 Å². The molecule has 0 radical (unpaired) electrons. The third-order valence-corrected chi connectivity index (χ3v) is 3.97. The highest BCUT2D eigenvalue weighted by molar-refractivity contribution is 5.71. The zero-order chi connectivity index (χ0) is 17.2. The van der Waals surface area contributed by atoms with E-state index >= 15 is 0 Å². The lowest BCUT2D eigenvalue weighted by Crippen LogP contribution is -1.95. The van der Waals surface area contributed by atoms with Gasteiger partial charge in [-0.25, -0.2) is 9.97 Å². The maximum atomic E-state index is 10.1. The Kier molecular flexibility index (Phi) is 3.74. The molecule has 0 bridgehead atoms. The number of aromatic hydroxyl groups is 1. The van der Waals surface area contributed by atoms with Crippen LogP contribution in [-0.4, -0.2) is 25.3 Å². The normalized spacial score (nSPS) is 10.8. The summed E-state index contributed by atoms with van der Waals surface area (Å²) in [5.41, 5.74) is 5.25. The van der Waals surface area contributed by atoms with Crippen molar-refractivity contribution in [3.63, 3.8) is 0 Å². The third kappa shape index (κ3) is 2.99. The molecule has 0 saturated carbocycles. The fraction of sp³-hybridized carbons (Fsp3) is 0.0500. The van der Waals surface area contributed by atoms with Gasteiger partial charge >= 0.3 is 0 Å². The van der Waals surface area contributed by atoms with Crippen molar-refractivity contribution in [1.29, 1.82) is 0 Å². The second-order valence-corrected chi connectivity index (χ2v) is 5.79. The average molecular weight is 328 g/mol. The first kappa shape index (κ1) is 15.1. The highest BCUT2D eigenvalue weighted by atomic mass is 16.3. The van der Waals surface area contributed by atoms with Crippen molar-refractivity contribution in [3.8, 4) is 39.7 Å². The minimum absolute atomic E-state index is 0.172. The van der Waals surface area contributed by atoms with E-state index in [1.165, 1.54) is 0 Å². The van der Waals surface area contributed by atoms with E-state index in [0.29, 0.717) is 11.4 Å². The maximum Gasteiger partial charge on any atom is 0.163 e. The summed E-state index contributed by atoms with van der Waals surface area (Å²) in [6, 6.07) is 19.0. The molecular formula is C20H16N4O. The molecule has 25 heavy (non-hydrogen) atoms. The second kappa shape index (κ2) is 6.20. The summed E-state index contributed by atoms with van der Waals surface area (Å²) < 4.78 is 0. The van der Waals surface area contributed by atoms with Crippen molar-refractivity contribution >= 4 is 0 Å². The molecule has 122 valence electrons. The lowest BCUT2D eigenvalue weighted by Gasteiger charge is -2.09. The van der Waals surface area contributed by atoms with Gasteiger partial charge < -0.3 is 5.11 Å². The lowest BCUT2D eigenvalue weighted by molar-refractivity contribution is 0.477. The van der Waals surface area contributed by atoms with Crippen LogP contribution in [0.4, 0.5) is 0 Å². The Morgan fingerprint density at radius 1 is 0.880 bits per heavy atom. The van der Waals surface area contributed by atoms with Crippen LogP contribution in [0.1, 0.15) is 5.69 Å². The molecule has 0 amide bonds. The Labute approximate surface area is 145 Å². The number of aromatic nitrogens is 4. The van der Waals surface area contributed by atoms with Gasteiger partial charge in [0.25, 0.3) is 0 Å². The van der Waals surface area contributed by atoms with Gasteiger partial charge in [-0.05, 0) is 37.3 Å². The highest BCUT2D eigenvalue weighted by Crippen LogP contribution is 2.29. The fourth-order valence-corrected chi connectivity index (χ4v) is 2.76.